The summed E-state index contributed by atoms with van der Waals surface area (Å²) in [6.45, 7) is 4.17. The van der Waals surface area contributed by atoms with Crippen LogP contribution in [0.5, 0.6) is 5.75 Å². The van der Waals surface area contributed by atoms with Gasteiger partial charge in [-0.05, 0) is 50.2 Å². The zero-order chi connectivity index (χ0) is 15.1. The van der Waals surface area contributed by atoms with E-state index in [1.54, 1.807) is 12.1 Å². The number of benzene rings is 2. The summed E-state index contributed by atoms with van der Waals surface area (Å²) in [4.78, 5) is 4.67. The molecule has 2 aromatic carbocycles. The second-order valence-corrected chi connectivity index (χ2v) is 5.74. The topological polar surface area (TPSA) is 64.1 Å². The number of nitrogen functional groups attached to an aromatic ring is 1. The molecule has 0 aliphatic carbocycles. The number of halogens is 1. The van der Waals surface area contributed by atoms with E-state index in [1.807, 2.05) is 24.3 Å². The van der Waals surface area contributed by atoms with Crippen LogP contribution in [-0.2, 0) is 0 Å². The Bertz CT molecular complexity index is 824. The van der Waals surface area contributed by atoms with Crippen molar-refractivity contribution >= 4 is 28.3 Å². The van der Waals surface area contributed by atoms with Crippen molar-refractivity contribution in [1.29, 1.82) is 0 Å². The number of nitrogens with zero attached hydrogens (tertiary/aromatic N) is 2. The largest absolute Gasteiger partial charge is 0.506 e. The van der Waals surface area contributed by atoms with Crippen LogP contribution in [0.15, 0.2) is 36.4 Å². The molecule has 0 aliphatic heterocycles. The fourth-order valence-corrected chi connectivity index (χ4v) is 2.64. The van der Waals surface area contributed by atoms with Crippen molar-refractivity contribution in [1.82, 2.24) is 9.55 Å². The van der Waals surface area contributed by atoms with E-state index in [0.717, 1.165) is 22.4 Å². The third-order valence-electron chi connectivity index (χ3n) is 3.46. The number of phenolic OH excluding ortho intramolecular Hbond substituents is 1. The predicted octanol–water partition coefficient (Wildman–Crippen LogP) is 4.23. The normalized spacial score (nSPS) is 11.4. The number of aromatic nitrogens is 2. The standard InChI is InChI=1S/C16H16ClN3O/c1-9(2)20-14-8-11(17)4-6-13(14)19-16(20)10-3-5-12(18)15(21)7-10/h3-9,21H,18H2,1-2H3. The van der Waals surface area contributed by atoms with E-state index < -0.39 is 0 Å². The molecule has 0 fully saturated rings. The zero-order valence-corrected chi connectivity index (χ0v) is 12.6. The fourth-order valence-electron chi connectivity index (χ4n) is 2.48. The van der Waals surface area contributed by atoms with Crippen molar-refractivity contribution in [3.63, 3.8) is 0 Å². The highest BCUT2D eigenvalue weighted by Gasteiger charge is 2.16. The minimum Gasteiger partial charge on any atom is -0.506 e. The molecule has 0 amide bonds. The molecule has 3 N–H and O–H groups in total. The van der Waals surface area contributed by atoms with Gasteiger partial charge in [-0.15, -0.1) is 0 Å². The van der Waals surface area contributed by atoms with Crippen LogP contribution in [0.3, 0.4) is 0 Å². The lowest BCUT2D eigenvalue weighted by Gasteiger charge is -2.13. The van der Waals surface area contributed by atoms with Crippen molar-refractivity contribution in [3.8, 4) is 17.1 Å². The molecule has 0 atom stereocenters. The van der Waals surface area contributed by atoms with Crippen LogP contribution < -0.4 is 5.73 Å². The molecule has 1 aromatic heterocycles. The quantitative estimate of drug-likeness (QED) is 0.550. The van der Waals surface area contributed by atoms with Gasteiger partial charge in [0.1, 0.15) is 11.6 Å². The van der Waals surface area contributed by atoms with Gasteiger partial charge in [0.15, 0.2) is 0 Å². The minimum atomic E-state index is 0.0629. The molecule has 0 spiro atoms. The second-order valence-electron chi connectivity index (χ2n) is 5.31. The Morgan fingerprint density at radius 2 is 1.95 bits per heavy atom. The van der Waals surface area contributed by atoms with E-state index in [4.69, 9.17) is 17.3 Å². The summed E-state index contributed by atoms with van der Waals surface area (Å²) in [5.41, 5.74) is 8.69. The Morgan fingerprint density at radius 3 is 2.62 bits per heavy atom. The number of anilines is 1. The van der Waals surface area contributed by atoms with Gasteiger partial charge >= 0.3 is 0 Å². The van der Waals surface area contributed by atoms with E-state index in [1.165, 1.54) is 0 Å². The van der Waals surface area contributed by atoms with Crippen molar-refractivity contribution in [2.24, 2.45) is 0 Å². The van der Waals surface area contributed by atoms with Crippen LogP contribution in [-0.4, -0.2) is 14.7 Å². The van der Waals surface area contributed by atoms with Crippen LogP contribution >= 0.6 is 11.6 Å². The van der Waals surface area contributed by atoms with Gasteiger partial charge in [0.05, 0.1) is 16.7 Å². The summed E-state index contributed by atoms with van der Waals surface area (Å²) in [5.74, 6) is 0.852. The van der Waals surface area contributed by atoms with Gasteiger partial charge in [0.25, 0.3) is 0 Å². The molecule has 0 bridgehead atoms. The molecule has 5 heteroatoms. The molecule has 1 heterocycles. The monoisotopic (exact) mass is 301 g/mol. The van der Waals surface area contributed by atoms with E-state index in [9.17, 15) is 5.11 Å². The lowest BCUT2D eigenvalue weighted by Crippen LogP contribution is -2.03. The maximum Gasteiger partial charge on any atom is 0.141 e. The van der Waals surface area contributed by atoms with Crippen LogP contribution in [0.1, 0.15) is 19.9 Å². The Morgan fingerprint density at radius 1 is 1.19 bits per heavy atom. The number of nitrogens with two attached hydrogens (primary N) is 1. The van der Waals surface area contributed by atoms with Crippen LogP contribution in [0.25, 0.3) is 22.4 Å². The van der Waals surface area contributed by atoms with Gasteiger partial charge in [-0.3, -0.25) is 0 Å². The van der Waals surface area contributed by atoms with Gasteiger partial charge < -0.3 is 15.4 Å². The van der Waals surface area contributed by atoms with E-state index >= 15 is 0 Å². The molecule has 0 unspecified atom stereocenters. The average Bonchev–Trinajstić information content (AvgIpc) is 2.80. The number of aromatic hydroxyl groups is 1. The average molecular weight is 302 g/mol. The number of fused-ring (bicyclic) bond motifs is 1. The first-order valence-corrected chi connectivity index (χ1v) is 7.11. The number of hydrogen-bond donors (Lipinski definition) is 2. The molecule has 108 valence electrons. The van der Waals surface area contributed by atoms with Gasteiger partial charge in [-0.2, -0.15) is 0 Å². The molecule has 0 aliphatic rings. The number of hydrogen-bond acceptors (Lipinski definition) is 3. The molecule has 0 radical (unpaired) electrons. The lowest BCUT2D eigenvalue weighted by atomic mass is 10.1. The fraction of sp³-hybridized carbons (Fsp3) is 0.188. The van der Waals surface area contributed by atoms with Crippen molar-refractivity contribution in [2.45, 2.75) is 19.9 Å². The zero-order valence-electron chi connectivity index (χ0n) is 11.8. The first kappa shape index (κ1) is 13.8. The molecular formula is C16H16ClN3O. The second kappa shape index (κ2) is 4.97. The predicted molar refractivity (Wildman–Crippen MR) is 86.6 cm³/mol. The van der Waals surface area contributed by atoms with Gasteiger partial charge in [-0.1, -0.05) is 11.6 Å². The summed E-state index contributed by atoms with van der Waals surface area (Å²) < 4.78 is 2.10. The summed E-state index contributed by atoms with van der Waals surface area (Å²) in [7, 11) is 0. The van der Waals surface area contributed by atoms with Gasteiger partial charge in [0, 0.05) is 16.6 Å². The molecule has 0 saturated carbocycles. The van der Waals surface area contributed by atoms with E-state index in [2.05, 4.69) is 23.4 Å². The third kappa shape index (κ3) is 2.32. The lowest BCUT2D eigenvalue weighted by molar-refractivity contribution is 0.478. The third-order valence-corrected chi connectivity index (χ3v) is 3.69. The highest BCUT2D eigenvalue weighted by Crippen LogP contribution is 2.32. The first-order valence-electron chi connectivity index (χ1n) is 6.73. The van der Waals surface area contributed by atoms with Crippen molar-refractivity contribution in [2.75, 3.05) is 5.73 Å². The molecule has 0 saturated heterocycles. The van der Waals surface area contributed by atoms with Crippen LogP contribution in [0.4, 0.5) is 5.69 Å². The minimum absolute atomic E-state index is 0.0629. The maximum absolute atomic E-state index is 9.83. The molecular weight excluding hydrogens is 286 g/mol. The number of imidazole rings is 1. The summed E-state index contributed by atoms with van der Waals surface area (Å²) in [6.07, 6.45) is 0. The smallest absolute Gasteiger partial charge is 0.141 e. The summed E-state index contributed by atoms with van der Waals surface area (Å²) >= 11 is 6.10. The van der Waals surface area contributed by atoms with Gasteiger partial charge in [-0.25, -0.2) is 4.98 Å². The number of phenols is 1. The molecule has 4 nitrogen and oxygen atoms in total. The summed E-state index contributed by atoms with van der Waals surface area (Å²) in [5, 5.41) is 10.5. The van der Waals surface area contributed by atoms with Crippen LogP contribution in [0.2, 0.25) is 5.02 Å². The van der Waals surface area contributed by atoms with E-state index in [0.29, 0.717) is 10.7 Å². The highest BCUT2D eigenvalue weighted by atomic mass is 35.5. The summed E-state index contributed by atoms with van der Waals surface area (Å²) in [6, 6.07) is 11.0. The SMILES string of the molecule is CC(C)n1c(-c2ccc(N)c(O)c2)nc2ccc(Cl)cc21. The highest BCUT2D eigenvalue weighted by molar-refractivity contribution is 6.31. The Hall–Kier alpha value is -2.20. The number of rotatable bonds is 2. The molecule has 3 rings (SSSR count). The Balaban J connectivity index is 2.30. The van der Waals surface area contributed by atoms with E-state index in [-0.39, 0.29) is 11.8 Å². The van der Waals surface area contributed by atoms with Crippen molar-refractivity contribution in [3.05, 3.63) is 41.4 Å². The van der Waals surface area contributed by atoms with Crippen LogP contribution in [0, 0.1) is 0 Å². The molecule has 3 aromatic rings. The van der Waals surface area contributed by atoms with Crippen molar-refractivity contribution < 1.29 is 5.11 Å². The Kier molecular flexibility index (Phi) is 3.26. The first-order chi connectivity index (χ1) is 9.97. The Labute approximate surface area is 127 Å². The van der Waals surface area contributed by atoms with Gasteiger partial charge in [0.2, 0.25) is 0 Å². The molecule has 21 heavy (non-hydrogen) atoms. The maximum atomic E-state index is 9.83.